The third kappa shape index (κ3) is 5.25. The second kappa shape index (κ2) is 9.55. The van der Waals surface area contributed by atoms with Gasteiger partial charge in [0, 0.05) is 25.7 Å². The standard InChI is InChI=1S/C23H29FN2O3/c24-19-6-4-5-18(15-19)16-26(20-7-2-1-3-8-20)17-21-9-10-22(29-21)23(27)25-11-13-28-14-12-25/h4-6,9-10,15,20H,1-3,7-8,11-14,16-17H2. The molecule has 0 N–H and O–H groups in total. The van der Waals surface area contributed by atoms with Crippen molar-refractivity contribution < 1.29 is 18.3 Å². The fourth-order valence-electron chi connectivity index (χ4n) is 4.33. The number of hydrogen-bond donors (Lipinski definition) is 0. The summed E-state index contributed by atoms with van der Waals surface area (Å²) in [6.45, 7) is 3.64. The van der Waals surface area contributed by atoms with Gasteiger partial charge in [-0.1, -0.05) is 31.4 Å². The summed E-state index contributed by atoms with van der Waals surface area (Å²) in [7, 11) is 0. The lowest BCUT2D eigenvalue weighted by atomic mass is 9.93. The molecule has 1 saturated carbocycles. The van der Waals surface area contributed by atoms with E-state index >= 15 is 0 Å². The molecule has 4 rings (SSSR count). The maximum Gasteiger partial charge on any atom is 0.289 e. The van der Waals surface area contributed by atoms with Crippen LogP contribution in [0.15, 0.2) is 40.8 Å². The molecule has 1 aromatic carbocycles. The number of carbonyl (C=O) groups excluding carboxylic acids is 1. The van der Waals surface area contributed by atoms with Gasteiger partial charge >= 0.3 is 0 Å². The lowest BCUT2D eigenvalue weighted by molar-refractivity contribution is 0.0280. The Morgan fingerprint density at radius 2 is 1.86 bits per heavy atom. The summed E-state index contributed by atoms with van der Waals surface area (Å²) in [6.07, 6.45) is 6.03. The molecule has 0 atom stereocenters. The van der Waals surface area contributed by atoms with Crippen molar-refractivity contribution >= 4 is 5.91 Å². The van der Waals surface area contributed by atoms with E-state index in [9.17, 15) is 9.18 Å². The van der Waals surface area contributed by atoms with Crippen LogP contribution < -0.4 is 0 Å². The van der Waals surface area contributed by atoms with Crippen LogP contribution in [-0.2, 0) is 17.8 Å². The summed E-state index contributed by atoms with van der Waals surface area (Å²) in [5.41, 5.74) is 0.965. The van der Waals surface area contributed by atoms with Gasteiger partial charge in [0.15, 0.2) is 5.76 Å². The molecule has 1 saturated heterocycles. The van der Waals surface area contributed by atoms with Crippen LogP contribution in [0.3, 0.4) is 0 Å². The Kier molecular flexibility index (Phi) is 6.62. The van der Waals surface area contributed by atoms with Crippen LogP contribution in [0.1, 0.15) is 54.0 Å². The molecule has 0 bridgehead atoms. The minimum Gasteiger partial charge on any atom is -0.455 e. The van der Waals surface area contributed by atoms with Crippen molar-refractivity contribution in [3.05, 3.63) is 59.3 Å². The number of furan rings is 1. The Bertz CT molecular complexity index is 810. The van der Waals surface area contributed by atoms with Crippen LogP contribution in [0.5, 0.6) is 0 Å². The monoisotopic (exact) mass is 400 g/mol. The van der Waals surface area contributed by atoms with Gasteiger partial charge < -0.3 is 14.1 Å². The average molecular weight is 400 g/mol. The molecule has 2 aliphatic rings. The minimum absolute atomic E-state index is 0.0751. The molecule has 0 radical (unpaired) electrons. The second-order valence-electron chi connectivity index (χ2n) is 8.00. The smallest absolute Gasteiger partial charge is 0.289 e. The molecule has 156 valence electrons. The molecule has 6 heteroatoms. The van der Waals surface area contributed by atoms with Gasteiger partial charge in [-0.25, -0.2) is 4.39 Å². The van der Waals surface area contributed by atoms with E-state index in [1.807, 2.05) is 12.1 Å². The summed E-state index contributed by atoms with van der Waals surface area (Å²) >= 11 is 0. The van der Waals surface area contributed by atoms with Gasteiger partial charge in [-0.2, -0.15) is 0 Å². The van der Waals surface area contributed by atoms with E-state index in [-0.39, 0.29) is 11.7 Å². The molecule has 5 nitrogen and oxygen atoms in total. The van der Waals surface area contributed by atoms with Crippen molar-refractivity contribution in [3.63, 3.8) is 0 Å². The number of rotatable bonds is 6. The fourth-order valence-corrected chi connectivity index (χ4v) is 4.33. The van der Waals surface area contributed by atoms with Gasteiger partial charge in [-0.3, -0.25) is 9.69 Å². The average Bonchev–Trinajstić information content (AvgIpc) is 3.23. The van der Waals surface area contributed by atoms with E-state index in [0.29, 0.717) is 51.2 Å². The summed E-state index contributed by atoms with van der Waals surface area (Å²) in [5.74, 6) is 0.885. The molecule has 2 aromatic rings. The Morgan fingerprint density at radius 3 is 2.62 bits per heavy atom. The largest absolute Gasteiger partial charge is 0.455 e. The highest BCUT2D eigenvalue weighted by molar-refractivity contribution is 5.91. The number of ether oxygens (including phenoxy) is 1. The zero-order chi connectivity index (χ0) is 20.1. The van der Waals surface area contributed by atoms with Gasteiger partial charge in [0.25, 0.3) is 5.91 Å². The van der Waals surface area contributed by atoms with Gasteiger partial charge in [0.2, 0.25) is 0 Å². The summed E-state index contributed by atoms with van der Waals surface area (Å²) in [5, 5.41) is 0. The SMILES string of the molecule is O=C(c1ccc(CN(Cc2cccc(F)c2)C2CCCCC2)o1)N1CCOCC1. The van der Waals surface area contributed by atoms with Crippen LogP contribution in [0.2, 0.25) is 0 Å². The highest BCUT2D eigenvalue weighted by Gasteiger charge is 2.25. The van der Waals surface area contributed by atoms with E-state index in [4.69, 9.17) is 9.15 Å². The van der Waals surface area contributed by atoms with Crippen molar-refractivity contribution in [2.24, 2.45) is 0 Å². The lowest BCUT2D eigenvalue weighted by Gasteiger charge is -2.34. The van der Waals surface area contributed by atoms with E-state index in [1.54, 1.807) is 23.1 Å². The molecular formula is C23H29FN2O3. The minimum atomic E-state index is -0.206. The Labute approximate surface area is 171 Å². The molecule has 0 spiro atoms. The molecule has 2 fully saturated rings. The Morgan fingerprint density at radius 1 is 1.07 bits per heavy atom. The molecule has 1 aromatic heterocycles. The van der Waals surface area contributed by atoms with Crippen molar-refractivity contribution in [3.8, 4) is 0 Å². The van der Waals surface area contributed by atoms with Crippen LogP contribution in [0, 0.1) is 5.82 Å². The van der Waals surface area contributed by atoms with E-state index in [2.05, 4.69) is 4.90 Å². The van der Waals surface area contributed by atoms with E-state index in [1.165, 1.54) is 25.3 Å². The van der Waals surface area contributed by atoms with Crippen molar-refractivity contribution in [1.29, 1.82) is 0 Å². The lowest BCUT2D eigenvalue weighted by Crippen LogP contribution is -2.40. The first-order valence-electron chi connectivity index (χ1n) is 10.6. The van der Waals surface area contributed by atoms with Crippen molar-refractivity contribution in [2.45, 2.75) is 51.2 Å². The first-order chi connectivity index (χ1) is 14.2. The maximum atomic E-state index is 13.7. The number of amides is 1. The second-order valence-corrected chi connectivity index (χ2v) is 8.00. The number of benzene rings is 1. The number of nitrogens with zero attached hydrogens (tertiary/aromatic N) is 2. The van der Waals surface area contributed by atoms with E-state index in [0.717, 1.165) is 24.2 Å². The van der Waals surface area contributed by atoms with Crippen LogP contribution in [0.4, 0.5) is 4.39 Å². The van der Waals surface area contributed by atoms with Crippen LogP contribution in [-0.4, -0.2) is 48.1 Å². The van der Waals surface area contributed by atoms with Crippen LogP contribution >= 0.6 is 0 Å². The number of carbonyl (C=O) groups is 1. The summed E-state index contributed by atoms with van der Waals surface area (Å²) in [4.78, 5) is 16.8. The molecule has 29 heavy (non-hydrogen) atoms. The molecule has 1 aliphatic carbocycles. The third-order valence-electron chi connectivity index (χ3n) is 5.90. The molecule has 0 unspecified atom stereocenters. The first-order valence-corrected chi connectivity index (χ1v) is 10.6. The Balaban J connectivity index is 1.46. The van der Waals surface area contributed by atoms with Gasteiger partial charge in [0.1, 0.15) is 11.6 Å². The number of morpholine rings is 1. The van der Waals surface area contributed by atoms with Crippen molar-refractivity contribution in [1.82, 2.24) is 9.80 Å². The summed E-state index contributed by atoms with van der Waals surface area (Å²) < 4.78 is 24.9. The fraction of sp³-hybridized carbons (Fsp3) is 0.522. The van der Waals surface area contributed by atoms with Gasteiger partial charge in [-0.15, -0.1) is 0 Å². The topological polar surface area (TPSA) is 45.9 Å². The predicted molar refractivity (Wildman–Crippen MR) is 108 cm³/mol. The number of hydrogen-bond acceptors (Lipinski definition) is 4. The zero-order valence-electron chi connectivity index (χ0n) is 16.8. The highest BCUT2D eigenvalue weighted by atomic mass is 19.1. The van der Waals surface area contributed by atoms with Crippen molar-refractivity contribution in [2.75, 3.05) is 26.3 Å². The quantitative estimate of drug-likeness (QED) is 0.728. The van der Waals surface area contributed by atoms with Crippen LogP contribution in [0.25, 0.3) is 0 Å². The molecule has 2 heterocycles. The molecule has 1 aliphatic heterocycles. The normalized spacial score (nSPS) is 18.3. The maximum absolute atomic E-state index is 13.7. The Hall–Kier alpha value is -2.18. The highest BCUT2D eigenvalue weighted by Crippen LogP contribution is 2.26. The molecule has 1 amide bonds. The van der Waals surface area contributed by atoms with Gasteiger partial charge in [0.05, 0.1) is 19.8 Å². The summed E-state index contributed by atoms with van der Waals surface area (Å²) in [6, 6.07) is 10.9. The van der Waals surface area contributed by atoms with Gasteiger partial charge in [-0.05, 0) is 42.7 Å². The number of halogens is 1. The third-order valence-corrected chi connectivity index (χ3v) is 5.90. The zero-order valence-corrected chi connectivity index (χ0v) is 16.8. The molecular weight excluding hydrogens is 371 g/mol. The predicted octanol–water partition coefficient (Wildman–Crippen LogP) is 4.23. The first kappa shape index (κ1) is 20.1. The van der Waals surface area contributed by atoms with E-state index < -0.39 is 0 Å².